The molecule has 1 heterocycles. The number of hydrogen-bond acceptors (Lipinski definition) is 3. The Hall–Kier alpha value is -2.89. The minimum absolute atomic E-state index is 0.0582. The van der Waals surface area contributed by atoms with E-state index < -0.39 is 51.6 Å². The van der Waals surface area contributed by atoms with Crippen molar-refractivity contribution in [2.75, 3.05) is 5.73 Å². The maximum Gasteiger partial charge on any atom is 0.200 e. The normalized spacial score (nSPS) is 10.8. The van der Waals surface area contributed by atoms with E-state index in [4.69, 9.17) is 28.9 Å². The summed E-state index contributed by atoms with van der Waals surface area (Å²) < 4.78 is 69.1. The number of benzene rings is 2. The van der Waals surface area contributed by atoms with Crippen LogP contribution in [0.2, 0.25) is 10.0 Å². The van der Waals surface area contributed by atoms with E-state index in [0.29, 0.717) is 0 Å². The highest BCUT2D eigenvalue weighted by atomic mass is 35.5. The summed E-state index contributed by atoms with van der Waals surface area (Å²) in [6.45, 7) is 0. The number of pyridine rings is 1. The van der Waals surface area contributed by atoms with Gasteiger partial charge in [-0.2, -0.15) is 5.26 Å². The molecule has 0 aliphatic rings. The van der Waals surface area contributed by atoms with Crippen LogP contribution >= 0.6 is 23.2 Å². The van der Waals surface area contributed by atoms with Crippen molar-refractivity contribution in [1.82, 2.24) is 4.98 Å². The van der Waals surface area contributed by atoms with Crippen molar-refractivity contribution in [2.24, 2.45) is 0 Å². The first-order valence-corrected chi connectivity index (χ1v) is 8.10. The van der Waals surface area contributed by atoms with Crippen LogP contribution in [0.5, 0.6) is 0 Å². The van der Waals surface area contributed by atoms with E-state index in [-0.39, 0.29) is 21.3 Å². The second kappa shape index (κ2) is 7.26. The third kappa shape index (κ3) is 3.13. The molecule has 142 valence electrons. The largest absolute Gasteiger partial charge is 0.383 e. The average Bonchev–Trinajstić information content (AvgIpc) is 2.64. The molecule has 0 saturated heterocycles. The van der Waals surface area contributed by atoms with Crippen LogP contribution < -0.4 is 5.73 Å². The minimum Gasteiger partial charge on any atom is -0.383 e. The van der Waals surface area contributed by atoms with Gasteiger partial charge in [-0.25, -0.2) is 26.9 Å². The summed E-state index contributed by atoms with van der Waals surface area (Å²) in [5.41, 5.74) is 3.36. The van der Waals surface area contributed by atoms with Gasteiger partial charge in [0.2, 0.25) is 5.82 Å². The second-order valence-electron chi connectivity index (χ2n) is 5.50. The monoisotopic (exact) mass is 429 g/mol. The number of hydrogen-bond donors (Lipinski definition) is 1. The molecule has 0 bridgehead atoms. The summed E-state index contributed by atoms with van der Waals surface area (Å²) in [5, 5.41) is 9.65. The molecule has 0 spiro atoms. The quantitative estimate of drug-likeness (QED) is 0.314. The zero-order chi connectivity index (χ0) is 20.7. The topological polar surface area (TPSA) is 62.7 Å². The number of aromatic nitrogens is 1. The predicted molar refractivity (Wildman–Crippen MR) is 94.0 cm³/mol. The number of nitriles is 1. The van der Waals surface area contributed by atoms with Crippen molar-refractivity contribution in [2.45, 2.75) is 0 Å². The van der Waals surface area contributed by atoms with E-state index in [2.05, 4.69) is 4.98 Å². The van der Waals surface area contributed by atoms with Gasteiger partial charge < -0.3 is 5.73 Å². The molecular weight excluding hydrogens is 424 g/mol. The van der Waals surface area contributed by atoms with Gasteiger partial charge in [-0.3, -0.25) is 0 Å². The Bertz CT molecular complexity index is 1150. The SMILES string of the molecule is N#Cc1c(-c2c(F)c(F)c(F)c(F)c2F)cc(-c2ccc(Cl)cc2Cl)nc1N. The highest BCUT2D eigenvalue weighted by Gasteiger charge is 2.29. The van der Waals surface area contributed by atoms with Crippen molar-refractivity contribution in [3.63, 3.8) is 0 Å². The third-order valence-corrected chi connectivity index (χ3v) is 4.39. The number of rotatable bonds is 2. The number of nitrogens with two attached hydrogens (primary N) is 1. The van der Waals surface area contributed by atoms with Crippen molar-refractivity contribution in [3.8, 4) is 28.5 Å². The summed E-state index contributed by atoms with van der Waals surface area (Å²) in [6, 6.07) is 6.73. The molecule has 0 atom stereocenters. The fourth-order valence-electron chi connectivity index (χ4n) is 2.56. The molecule has 3 aromatic rings. The van der Waals surface area contributed by atoms with Crippen molar-refractivity contribution in [3.05, 3.63) is 69.0 Å². The van der Waals surface area contributed by atoms with Gasteiger partial charge in [-0.15, -0.1) is 0 Å². The van der Waals surface area contributed by atoms with Gasteiger partial charge in [0.1, 0.15) is 17.5 Å². The standard InChI is InChI=1S/C18H6Cl2F5N3/c19-6-1-2-7(10(20)3-6)11-4-8(9(5-26)18(27)28-11)12-13(21)15(23)17(25)16(24)14(12)22/h1-4H,(H2,27,28). The van der Waals surface area contributed by atoms with Crippen LogP contribution in [0.4, 0.5) is 27.8 Å². The lowest BCUT2D eigenvalue weighted by Gasteiger charge is -2.13. The number of nitrogen functional groups attached to an aromatic ring is 1. The van der Waals surface area contributed by atoms with E-state index in [1.165, 1.54) is 18.2 Å². The van der Waals surface area contributed by atoms with Crippen LogP contribution in [0.3, 0.4) is 0 Å². The van der Waals surface area contributed by atoms with Gasteiger partial charge in [0.05, 0.1) is 16.3 Å². The molecule has 3 nitrogen and oxygen atoms in total. The summed E-state index contributed by atoms with van der Waals surface area (Å²) in [4.78, 5) is 3.93. The van der Waals surface area contributed by atoms with Gasteiger partial charge in [0.15, 0.2) is 23.3 Å². The molecule has 0 radical (unpaired) electrons. The summed E-state index contributed by atoms with van der Waals surface area (Å²) >= 11 is 11.9. The van der Waals surface area contributed by atoms with Gasteiger partial charge in [-0.05, 0) is 24.3 Å². The van der Waals surface area contributed by atoms with E-state index in [0.717, 1.165) is 6.07 Å². The van der Waals surface area contributed by atoms with Gasteiger partial charge in [-0.1, -0.05) is 23.2 Å². The Labute approximate surface area is 164 Å². The first-order chi connectivity index (χ1) is 13.2. The van der Waals surface area contributed by atoms with Crippen molar-refractivity contribution >= 4 is 29.0 Å². The fourth-order valence-corrected chi connectivity index (χ4v) is 3.06. The zero-order valence-electron chi connectivity index (χ0n) is 13.4. The Balaban J connectivity index is 2.40. The highest BCUT2D eigenvalue weighted by molar-refractivity contribution is 6.36. The molecular formula is C18H6Cl2F5N3. The Morgan fingerprint density at radius 3 is 1.96 bits per heavy atom. The number of anilines is 1. The lowest BCUT2D eigenvalue weighted by molar-refractivity contribution is 0.381. The predicted octanol–water partition coefficient (Wildman–Crippen LogP) is 5.87. The van der Waals surface area contributed by atoms with Crippen LogP contribution in [-0.4, -0.2) is 4.98 Å². The Kier molecular flexibility index (Phi) is 5.15. The van der Waals surface area contributed by atoms with Crippen molar-refractivity contribution < 1.29 is 22.0 Å². The molecule has 0 fully saturated rings. The van der Waals surface area contributed by atoms with Crippen molar-refractivity contribution in [1.29, 1.82) is 5.26 Å². The van der Waals surface area contributed by atoms with Gasteiger partial charge >= 0.3 is 0 Å². The maximum atomic E-state index is 14.3. The summed E-state index contributed by atoms with van der Waals surface area (Å²) in [5.74, 6) is -11.3. The van der Waals surface area contributed by atoms with Crippen LogP contribution in [-0.2, 0) is 0 Å². The lowest BCUT2D eigenvalue weighted by Crippen LogP contribution is -2.07. The van der Waals surface area contributed by atoms with Gasteiger partial charge in [0.25, 0.3) is 0 Å². The molecule has 0 aliphatic carbocycles. The molecule has 10 heteroatoms. The molecule has 0 amide bonds. The highest BCUT2D eigenvalue weighted by Crippen LogP contribution is 2.38. The summed E-state index contributed by atoms with van der Waals surface area (Å²) in [7, 11) is 0. The van der Waals surface area contributed by atoms with Crippen LogP contribution in [0.25, 0.3) is 22.4 Å². The summed E-state index contributed by atoms with van der Waals surface area (Å²) in [6.07, 6.45) is 0. The van der Waals surface area contributed by atoms with E-state index >= 15 is 0 Å². The first-order valence-electron chi connectivity index (χ1n) is 7.35. The first kappa shape index (κ1) is 19.9. The molecule has 3 rings (SSSR count). The van der Waals surface area contributed by atoms with Crippen LogP contribution in [0.1, 0.15) is 5.56 Å². The van der Waals surface area contributed by atoms with E-state index in [1.54, 1.807) is 6.07 Å². The van der Waals surface area contributed by atoms with E-state index in [1.807, 2.05) is 0 Å². The van der Waals surface area contributed by atoms with Crippen LogP contribution in [0.15, 0.2) is 24.3 Å². The third-order valence-electron chi connectivity index (χ3n) is 3.85. The second-order valence-corrected chi connectivity index (χ2v) is 6.34. The molecule has 0 aliphatic heterocycles. The minimum atomic E-state index is -2.32. The number of halogens is 7. The van der Waals surface area contributed by atoms with E-state index in [9.17, 15) is 27.2 Å². The molecule has 1 aromatic heterocycles. The number of nitrogens with zero attached hydrogens (tertiary/aromatic N) is 2. The zero-order valence-corrected chi connectivity index (χ0v) is 14.9. The Morgan fingerprint density at radius 2 is 1.43 bits per heavy atom. The fraction of sp³-hybridized carbons (Fsp3) is 0. The molecule has 2 N–H and O–H groups in total. The molecule has 2 aromatic carbocycles. The molecule has 0 saturated carbocycles. The Morgan fingerprint density at radius 1 is 0.857 bits per heavy atom. The molecule has 0 unspecified atom stereocenters. The lowest BCUT2D eigenvalue weighted by atomic mass is 9.97. The average molecular weight is 430 g/mol. The van der Waals surface area contributed by atoms with Crippen LogP contribution in [0, 0.1) is 40.4 Å². The molecule has 28 heavy (non-hydrogen) atoms. The smallest absolute Gasteiger partial charge is 0.200 e. The maximum absolute atomic E-state index is 14.3. The van der Waals surface area contributed by atoms with Gasteiger partial charge in [0, 0.05) is 16.1 Å².